The Kier molecular flexibility index (Phi) is 7.80. The van der Waals surface area contributed by atoms with Gasteiger partial charge in [-0.25, -0.2) is 8.42 Å². The molecule has 1 heterocycles. The molecule has 1 aromatic rings. The zero-order valence-corrected chi connectivity index (χ0v) is 22.2. The van der Waals surface area contributed by atoms with Gasteiger partial charge in [0.15, 0.2) is 0 Å². The second kappa shape index (κ2) is 9.54. The summed E-state index contributed by atoms with van der Waals surface area (Å²) in [4.78, 5) is 0. The van der Waals surface area contributed by atoms with Crippen LogP contribution >= 0.6 is 0 Å². The number of fused-ring (bicyclic) bond motifs is 3. The van der Waals surface area contributed by atoms with Crippen LogP contribution in [0.3, 0.4) is 0 Å². The molecule has 31 heavy (non-hydrogen) atoms. The van der Waals surface area contributed by atoms with E-state index in [1.165, 1.54) is 31.9 Å². The van der Waals surface area contributed by atoms with Gasteiger partial charge in [-0.05, 0) is 103 Å². The maximum Gasteiger partial charge on any atom is 1.00 e. The summed E-state index contributed by atoms with van der Waals surface area (Å²) in [7, 11) is -4.73. The molecule has 0 bridgehead atoms. The molecule has 7 heteroatoms. The van der Waals surface area contributed by atoms with Gasteiger partial charge >= 0.3 is 29.6 Å². The number of allylic oxidation sites excluding steroid dienone is 1. The first kappa shape index (κ1) is 25.4. The molecule has 0 saturated heterocycles. The normalized spacial score (nSPS) is 36.2. The first-order valence-electron chi connectivity index (χ1n) is 11.4. The van der Waals surface area contributed by atoms with Crippen LogP contribution in [0.25, 0.3) is 0 Å². The van der Waals surface area contributed by atoms with Crippen LogP contribution in [0, 0.1) is 34.5 Å². The van der Waals surface area contributed by atoms with Crippen LogP contribution in [0.5, 0.6) is 0 Å². The van der Waals surface area contributed by atoms with Crippen LogP contribution in [0.4, 0.5) is 0 Å². The van der Waals surface area contributed by atoms with Crippen molar-refractivity contribution in [1.29, 1.82) is 0 Å². The molecule has 0 N–H and O–H groups in total. The number of rotatable bonds is 5. The maximum absolute atomic E-state index is 11.1. The van der Waals surface area contributed by atoms with Gasteiger partial charge in [0.2, 0.25) is 0 Å². The molecule has 0 aliphatic heterocycles. The number of aryl methyl sites for hydroxylation is 1. The van der Waals surface area contributed by atoms with Crippen LogP contribution in [-0.4, -0.2) is 13.0 Å². The van der Waals surface area contributed by atoms with E-state index >= 15 is 0 Å². The molecule has 3 saturated carbocycles. The third-order valence-electron chi connectivity index (χ3n) is 8.84. The summed E-state index contributed by atoms with van der Waals surface area (Å²) in [6, 6.07) is 1.99. The quantitative estimate of drug-likeness (QED) is 0.293. The van der Waals surface area contributed by atoms with Crippen molar-refractivity contribution in [2.24, 2.45) is 34.5 Å². The van der Waals surface area contributed by atoms with Crippen molar-refractivity contribution < 1.29 is 51.1 Å². The average molecular weight is 459 g/mol. The standard InChI is InChI=1S/C24H36O5S.Na/c1-23(2)12-4-5-19-21(23)10-13-24(3)20(8-6-17-11-14-28-15-17)18(7-9-22(19)24)16-29-30(25,26)27;/h11,14-16,19-22H,4-10,12-13H2,1-3H3,(H,25,26,27);/q;+1/p-1/b18-16+;/t19?,20-,21?,22?,24+;/m0./s1. The van der Waals surface area contributed by atoms with Crippen molar-refractivity contribution in [1.82, 2.24) is 0 Å². The van der Waals surface area contributed by atoms with E-state index in [2.05, 4.69) is 25.0 Å². The van der Waals surface area contributed by atoms with Crippen LogP contribution in [0.15, 0.2) is 34.8 Å². The summed E-state index contributed by atoms with van der Waals surface area (Å²) in [6.07, 6.45) is 14.7. The van der Waals surface area contributed by atoms with Crippen molar-refractivity contribution >= 4 is 10.4 Å². The molecule has 4 rings (SSSR count). The van der Waals surface area contributed by atoms with Crippen molar-refractivity contribution in [2.75, 3.05) is 0 Å². The van der Waals surface area contributed by atoms with Crippen molar-refractivity contribution in [2.45, 2.75) is 78.6 Å². The van der Waals surface area contributed by atoms with Gasteiger partial charge in [0.25, 0.3) is 10.4 Å². The van der Waals surface area contributed by atoms with E-state index in [1.54, 1.807) is 12.5 Å². The molecule has 168 valence electrons. The van der Waals surface area contributed by atoms with Crippen LogP contribution in [0.2, 0.25) is 0 Å². The Morgan fingerprint density at radius 3 is 2.65 bits per heavy atom. The van der Waals surface area contributed by atoms with Gasteiger partial charge in [0.05, 0.1) is 12.5 Å². The molecule has 5 atom stereocenters. The van der Waals surface area contributed by atoms with Gasteiger partial charge in [0.1, 0.15) is 6.26 Å². The van der Waals surface area contributed by atoms with E-state index in [-0.39, 0.29) is 40.9 Å². The predicted molar refractivity (Wildman–Crippen MR) is 114 cm³/mol. The first-order valence-corrected chi connectivity index (χ1v) is 12.8. The molecule has 0 radical (unpaired) electrons. The first-order chi connectivity index (χ1) is 14.1. The largest absolute Gasteiger partial charge is 1.00 e. The van der Waals surface area contributed by atoms with E-state index in [0.29, 0.717) is 11.3 Å². The van der Waals surface area contributed by atoms with Gasteiger partial charge < -0.3 is 13.2 Å². The third-order valence-corrected chi connectivity index (χ3v) is 9.18. The second-order valence-corrected chi connectivity index (χ2v) is 11.8. The molecular formula is C24H35NaO5S. The van der Waals surface area contributed by atoms with E-state index in [4.69, 9.17) is 4.42 Å². The average Bonchev–Trinajstić information content (AvgIpc) is 3.17. The Bertz CT molecular complexity index is 876. The van der Waals surface area contributed by atoms with Crippen molar-refractivity contribution in [3.63, 3.8) is 0 Å². The Labute approximate surface area is 209 Å². The molecule has 3 fully saturated rings. The molecule has 1 aromatic heterocycles. The fourth-order valence-electron chi connectivity index (χ4n) is 7.41. The summed E-state index contributed by atoms with van der Waals surface area (Å²) >= 11 is 0. The summed E-state index contributed by atoms with van der Waals surface area (Å²) in [5.41, 5.74) is 2.67. The Morgan fingerprint density at radius 2 is 1.97 bits per heavy atom. The fraction of sp³-hybridized carbons (Fsp3) is 0.750. The van der Waals surface area contributed by atoms with Gasteiger partial charge in [-0.1, -0.05) is 27.2 Å². The summed E-state index contributed by atoms with van der Waals surface area (Å²) < 4.78 is 43.2. The number of furan rings is 1. The van der Waals surface area contributed by atoms with Crippen molar-refractivity contribution in [3.8, 4) is 0 Å². The van der Waals surface area contributed by atoms with Gasteiger partial charge in [0, 0.05) is 0 Å². The summed E-state index contributed by atoms with van der Waals surface area (Å²) in [5, 5.41) is 0. The zero-order valence-electron chi connectivity index (χ0n) is 19.4. The van der Waals surface area contributed by atoms with E-state index in [9.17, 15) is 13.0 Å². The maximum atomic E-state index is 11.1. The van der Waals surface area contributed by atoms with E-state index < -0.39 is 10.4 Å². The van der Waals surface area contributed by atoms with Crippen LogP contribution < -0.4 is 29.6 Å². The minimum absolute atomic E-state index is 0. The Hall–Kier alpha value is -0.270. The molecule has 3 aliphatic rings. The predicted octanol–water partition coefficient (Wildman–Crippen LogP) is 2.85. The zero-order chi connectivity index (χ0) is 21.6. The molecule has 5 nitrogen and oxygen atoms in total. The third kappa shape index (κ3) is 5.29. The minimum Gasteiger partial charge on any atom is -0.716 e. The summed E-state index contributed by atoms with van der Waals surface area (Å²) in [6.45, 7) is 7.31. The van der Waals surface area contributed by atoms with Crippen molar-refractivity contribution in [3.05, 3.63) is 36.0 Å². The SMILES string of the molecule is CC1(C)CCCC2C1CC[C@@]1(C)C2CC/C(=C\OS(=O)(=O)[O-])[C@@H]1CCc1ccoc1.[Na+]. The molecule has 3 unspecified atom stereocenters. The van der Waals surface area contributed by atoms with Gasteiger partial charge in [-0.15, -0.1) is 0 Å². The van der Waals surface area contributed by atoms with Crippen LogP contribution in [0.1, 0.15) is 77.7 Å². The number of hydrogen-bond donors (Lipinski definition) is 0. The van der Waals surface area contributed by atoms with E-state index in [1.807, 2.05) is 6.07 Å². The van der Waals surface area contributed by atoms with Gasteiger partial charge in [-0.3, -0.25) is 0 Å². The Balaban J connectivity index is 0.00000272. The summed E-state index contributed by atoms with van der Waals surface area (Å²) in [5.74, 6) is 2.39. The molecular weight excluding hydrogens is 423 g/mol. The smallest absolute Gasteiger partial charge is 0.716 e. The minimum atomic E-state index is -4.73. The molecule has 3 aliphatic carbocycles. The molecule has 0 amide bonds. The number of hydrogen-bond acceptors (Lipinski definition) is 5. The second-order valence-electron chi connectivity index (χ2n) is 10.8. The van der Waals surface area contributed by atoms with E-state index in [0.717, 1.165) is 55.1 Å². The van der Waals surface area contributed by atoms with Crippen LogP contribution in [-0.2, 0) is 21.0 Å². The van der Waals surface area contributed by atoms with Gasteiger partial charge in [-0.2, -0.15) is 0 Å². The monoisotopic (exact) mass is 458 g/mol. The molecule has 0 spiro atoms. The topological polar surface area (TPSA) is 79.6 Å². The fourth-order valence-corrected chi connectivity index (χ4v) is 7.65. The Morgan fingerprint density at radius 1 is 1.19 bits per heavy atom. The molecule has 0 aromatic carbocycles.